The Morgan fingerprint density at radius 1 is 1.10 bits per heavy atom. The summed E-state index contributed by atoms with van der Waals surface area (Å²) in [6.45, 7) is 5.66. The number of hydrogen-bond donors (Lipinski definition) is 0. The molecule has 156 valence electrons. The van der Waals surface area contributed by atoms with Gasteiger partial charge >= 0.3 is 0 Å². The lowest BCUT2D eigenvalue weighted by Gasteiger charge is -2.22. The van der Waals surface area contributed by atoms with Crippen LogP contribution in [-0.2, 0) is 6.42 Å². The van der Waals surface area contributed by atoms with E-state index in [4.69, 9.17) is 4.98 Å². The highest BCUT2D eigenvalue weighted by Gasteiger charge is 2.21. The Morgan fingerprint density at radius 2 is 1.90 bits per heavy atom. The fourth-order valence-corrected chi connectivity index (χ4v) is 4.69. The first-order valence-electron chi connectivity index (χ1n) is 9.60. The Hall–Kier alpha value is -1.60. The molecule has 7 heteroatoms. The minimum atomic E-state index is 0. The van der Waals surface area contributed by atoms with Gasteiger partial charge in [-0.3, -0.25) is 9.69 Å². The van der Waals surface area contributed by atoms with E-state index in [0.717, 1.165) is 39.0 Å². The number of carbonyl (C=O) groups excluding carboxylic acids is 1. The number of amides is 1. The molecule has 0 N–H and O–H groups in total. The van der Waals surface area contributed by atoms with Crippen LogP contribution in [0.25, 0.3) is 10.2 Å². The van der Waals surface area contributed by atoms with E-state index < -0.39 is 0 Å². The van der Waals surface area contributed by atoms with Gasteiger partial charge in [0.15, 0.2) is 5.13 Å². The Balaban J connectivity index is 0.00000300. The summed E-state index contributed by atoms with van der Waals surface area (Å²) in [6.07, 6.45) is 0.994. The van der Waals surface area contributed by atoms with E-state index in [-0.39, 0.29) is 18.3 Å². The second kappa shape index (κ2) is 11.0. The lowest BCUT2D eigenvalue weighted by molar-refractivity contribution is 0.0985. The second-order valence-corrected chi connectivity index (χ2v) is 9.22. The van der Waals surface area contributed by atoms with Gasteiger partial charge in [0.05, 0.1) is 10.2 Å². The molecule has 0 fully saturated rings. The highest BCUT2D eigenvalue weighted by atomic mass is 35.5. The monoisotopic (exact) mass is 449 g/mol. The summed E-state index contributed by atoms with van der Waals surface area (Å²) < 4.78 is 1.13. The number of benzene rings is 2. The lowest BCUT2D eigenvalue weighted by atomic mass is 10.2. The molecule has 0 saturated heterocycles. The molecular weight excluding hydrogens is 422 g/mol. The molecule has 0 aliphatic rings. The van der Waals surface area contributed by atoms with Crippen LogP contribution in [0.15, 0.2) is 47.4 Å². The fourth-order valence-electron chi connectivity index (χ4n) is 2.92. The van der Waals surface area contributed by atoms with Gasteiger partial charge in [0.25, 0.3) is 5.91 Å². The molecule has 0 saturated carbocycles. The predicted molar refractivity (Wildman–Crippen MR) is 129 cm³/mol. The van der Waals surface area contributed by atoms with Crippen molar-refractivity contribution in [2.75, 3.05) is 37.8 Å². The number of carbonyl (C=O) groups is 1. The molecule has 1 amide bonds. The number of rotatable bonds is 8. The largest absolute Gasteiger partial charge is 0.308 e. The molecule has 3 rings (SSSR count). The van der Waals surface area contributed by atoms with Crippen molar-refractivity contribution in [1.82, 2.24) is 9.88 Å². The van der Waals surface area contributed by atoms with Gasteiger partial charge in [0.2, 0.25) is 0 Å². The van der Waals surface area contributed by atoms with Crippen LogP contribution >= 0.6 is 35.5 Å². The number of aromatic nitrogens is 1. The first-order valence-corrected chi connectivity index (χ1v) is 11.4. The van der Waals surface area contributed by atoms with Crippen molar-refractivity contribution in [3.8, 4) is 0 Å². The zero-order chi connectivity index (χ0) is 20.1. The van der Waals surface area contributed by atoms with E-state index in [1.165, 1.54) is 5.56 Å². The third kappa shape index (κ3) is 5.95. The van der Waals surface area contributed by atoms with Crippen LogP contribution in [0.2, 0.25) is 0 Å². The van der Waals surface area contributed by atoms with E-state index in [2.05, 4.69) is 43.0 Å². The van der Waals surface area contributed by atoms with Crippen molar-refractivity contribution < 1.29 is 4.79 Å². The number of thioether (sulfide) groups is 1. The van der Waals surface area contributed by atoms with Crippen LogP contribution in [0.3, 0.4) is 0 Å². The minimum absolute atomic E-state index is 0. The molecule has 0 aliphatic heterocycles. The second-order valence-electron chi connectivity index (χ2n) is 6.87. The zero-order valence-electron chi connectivity index (χ0n) is 17.3. The molecule has 29 heavy (non-hydrogen) atoms. The van der Waals surface area contributed by atoms with Gasteiger partial charge in [-0.15, -0.1) is 24.2 Å². The van der Waals surface area contributed by atoms with Crippen LogP contribution in [0.4, 0.5) is 5.13 Å². The first kappa shape index (κ1) is 23.7. The number of aryl methyl sites for hydroxylation is 1. The number of thiazole rings is 1. The summed E-state index contributed by atoms with van der Waals surface area (Å²) in [6, 6.07) is 14.3. The number of nitrogens with zero attached hydrogens (tertiary/aromatic N) is 3. The van der Waals surface area contributed by atoms with Crippen molar-refractivity contribution in [2.24, 2.45) is 0 Å². The molecule has 1 aromatic heterocycles. The maximum Gasteiger partial charge on any atom is 0.260 e. The van der Waals surface area contributed by atoms with Crippen molar-refractivity contribution >= 4 is 56.8 Å². The molecule has 0 aliphatic carbocycles. The minimum Gasteiger partial charge on any atom is -0.308 e. The number of halogens is 1. The molecule has 1 heterocycles. The standard InChI is InChI=1S/C22H27N3OS2.ClH/c1-5-16-10-11-19-20(14-16)28-22(23-19)25(13-12-24(3)4)21(26)17-8-7-9-18(15-17)27-6-2;/h7-11,14-15H,5-6,12-13H2,1-4H3;1H. The fraction of sp³-hybridized carbons (Fsp3) is 0.364. The predicted octanol–water partition coefficient (Wildman–Crippen LogP) is 5.60. The lowest BCUT2D eigenvalue weighted by Crippen LogP contribution is -2.36. The number of fused-ring (bicyclic) bond motifs is 1. The summed E-state index contributed by atoms with van der Waals surface area (Å²) >= 11 is 3.34. The summed E-state index contributed by atoms with van der Waals surface area (Å²) in [5, 5.41) is 0.767. The number of likely N-dealkylation sites (N-methyl/N-ethyl adjacent to an activating group) is 1. The first-order chi connectivity index (χ1) is 13.5. The maximum atomic E-state index is 13.4. The average Bonchev–Trinajstić information content (AvgIpc) is 3.11. The van der Waals surface area contributed by atoms with Crippen LogP contribution < -0.4 is 4.90 Å². The summed E-state index contributed by atoms with van der Waals surface area (Å²) in [4.78, 5) is 23.2. The number of anilines is 1. The van der Waals surface area contributed by atoms with Crippen LogP contribution in [-0.4, -0.2) is 48.7 Å². The Bertz CT molecular complexity index is 958. The summed E-state index contributed by atoms with van der Waals surface area (Å²) in [5.74, 6) is 0.995. The molecule has 2 aromatic carbocycles. The van der Waals surface area contributed by atoms with Gasteiger partial charge < -0.3 is 4.90 Å². The molecule has 0 atom stereocenters. The molecule has 0 bridgehead atoms. The highest BCUT2D eigenvalue weighted by Crippen LogP contribution is 2.31. The van der Waals surface area contributed by atoms with Gasteiger partial charge in [-0.25, -0.2) is 4.98 Å². The molecule has 0 unspecified atom stereocenters. The van der Waals surface area contributed by atoms with E-state index in [0.29, 0.717) is 12.1 Å². The molecular formula is C22H28ClN3OS2. The molecule has 0 radical (unpaired) electrons. The van der Waals surface area contributed by atoms with Crippen molar-refractivity contribution in [2.45, 2.75) is 25.2 Å². The number of hydrogen-bond acceptors (Lipinski definition) is 5. The Morgan fingerprint density at radius 3 is 2.59 bits per heavy atom. The van der Waals surface area contributed by atoms with Crippen molar-refractivity contribution in [1.29, 1.82) is 0 Å². The van der Waals surface area contributed by atoms with Gasteiger partial charge in [-0.05, 0) is 62.2 Å². The smallest absolute Gasteiger partial charge is 0.260 e. The highest BCUT2D eigenvalue weighted by molar-refractivity contribution is 7.99. The van der Waals surface area contributed by atoms with Gasteiger partial charge in [0, 0.05) is 23.5 Å². The van der Waals surface area contributed by atoms with Crippen LogP contribution in [0.1, 0.15) is 29.8 Å². The Kier molecular flexibility index (Phi) is 8.96. The third-order valence-corrected chi connectivity index (χ3v) is 6.41. The van der Waals surface area contributed by atoms with Crippen molar-refractivity contribution in [3.63, 3.8) is 0 Å². The van der Waals surface area contributed by atoms with Gasteiger partial charge in [-0.2, -0.15) is 0 Å². The van der Waals surface area contributed by atoms with Gasteiger partial charge in [-0.1, -0.05) is 37.3 Å². The maximum absolute atomic E-state index is 13.4. The SMILES string of the molecule is CCSc1cccc(C(=O)N(CCN(C)C)c2nc3ccc(CC)cc3s2)c1.Cl. The quantitative estimate of drug-likeness (QED) is 0.419. The zero-order valence-corrected chi connectivity index (χ0v) is 19.8. The average molecular weight is 450 g/mol. The van der Waals surface area contributed by atoms with E-state index in [1.807, 2.05) is 37.2 Å². The summed E-state index contributed by atoms with van der Waals surface area (Å²) in [5.41, 5.74) is 2.96. The molecule has 4 nitrogen and oxygen atoms in total. The molecule has 0 spiro atoms. The van der Waals surface area contributed by atoms with E-state index in [1.54, 1.807) is 23.1 Å². The normalized spacial score (nSPS) is 10.9. The van der Waals surface area contributed by atoms with Crippen LogP contribution in [0.5, 0.6) is 0 Å². The topological polar surface area (TPSA) is 36.4 Å². The van der Waals surface area contributed by atoms with Crippen LogP contribution in [0, 0.1) is 0 Å². The molecule has 3 aromatic rings. The summed E-state index contributed by atoms with van der Waals surface area (Å²) in [7, 11) is 4.04. The van der Waals surface area contributed by atoms with E-state index in [9.17, 15) is 4.79 Å². The van der Waals surface area contributed by atoms with Crippen molar-refractivity contribution in [3.05, 3.63) is 53.6 Å². The van der Waals surface area contributed by atoms with E-state index >= 15 is 0 Å². The Labute approximate surface area is 187 Å². The third-order valence-electron chi connectivity index (χ3n) is 4.49. The van der Waals surface area contributed by atoms with Gasteiger partial charge in [0.1, 0.15) is 0 Å².